The molecule has 2 heterocycles. The van der Waals surface area contributed by atoms with Crippen molar-refractivity contribution in [2.75, 3.05) is 32.2 Å². The zero-order valence-electron chi connectivity index (χ0n) is 11.8. The Hall–Kier alpha value is -0.720. The van der Waals surface area contributed by atoms with Crippen LogP contribution in [0.4, 0.5) is 5.82 Å². The number of rotatable bonds is 4. The van der Waals surface area contributed by atoms with Gasteiger partial charge in [0.2, 0.25) is 0 Å². The zero-order chi connectivity index (χ0) is 14.0. The van der Waals surface area contributed by atoms with Gasteiger partial charge in [0.05, 0.1) is 0 Å². The van der Waals surface area contributed by atoms with Crippen molar-refractivity contribution < 1.29 is 9.47 Å². The van der Waals surface area contributed by atoms with E-state index in [0.717, 1.165) is 29.3 Å². The van der Waals surface area contributed by atoms with Crippen LogP contribution >= 0.6 is 15.9 Å². The second-order valence-corrected chi connectivity index (χ2v) is 5.83. The van der Waals surface area contributed by atoms with Crippen molar-refractivity contribution in [1.82, 2.24) is 9.97 Å². The normalized spacial score (nSPS) is 23.4. The molecule has 0 aromatic carbocycles. The van der Waals surface area contributed by atoms with Gasteiger partial charge >= 0.3 is 0 Å². The smallest absolute Gasteiger partial charge is 0.134 e. The van der Waals surface area contributed by atoms with Crippen molar-refractivity contribution in [3.05, 3.63) is 16.5 Å². The van der Waals surface area contributed by atoms with Crippen LogP contribution in [0.1, 0.15) is 25.6 Å². The summed E-state index contributed by atoms with van der Waals surface area (Å²) >= 11 is 3.45. The number of hydrogen-bond donors (Lipinski definition) is 0. The van der Waals surface area contributed by atoms with E-state index in [-0.39, 0.29) is 12.2 Å². The van der Waals surface area contributed by atoms with Gasteiger partial charge in [-0.2, -0.15) is 0 Å². The van der Waals surface area contributed by atoms with E-state index in [9.17, 15) is 0 Å². The highest BCUT2D eigenvalue weighted by Gasteiger charge is 2.34. The van der Waals surface area contributed by atoms with Crippen LogP contribution in [-0.2, 0) is 9.47 Å². The molecule has 1 aliphatic heterocycles. The van der Waals surface area contributed by atoms with E-state index in [2.05, 4.69) is 44.6 Å². The lowest BCUT2D eigenvalue weighted by Gasteiger charge is -2.18. The number of halogens is 1. The zero-order valence-corrected chi connectivity index (χ0v) is 13.3. The van der Waals surface area contributed by atoms with Gasteiger partial charge in [0.25, 0.3) is 0 Å². The average molecular weight is 330 g/mol. The number of anilines is 1. The molecule has 6 heteroatoms. The minimum atomic E-state index is 0.0845. The molecule has 2 rings (SSSR count). The Bertz CT molecular complexity index is 430. The topological polar surface area (TPSA) is 47.5 Å². The van der Waals surface area contributed by atoms with E-state index in [4.69, 9.17) is 9.47 Å². The summed E-state index contributed by atoms with van der Waals surface area (Å²) in [6.45, 7) is 5.75. The van der Waals surface area contributed by atoms with Crippen molar-refractivity contribution >= 4 is 21.7 Å². The molecule has 5 nitrogen and oxygen atoms in total. The number of methoxy groups -OCH3 is 2. The first-order chi connectivity index (χ1) is 9.05. The fourth-order valence-electron chi connectivity index (χ4n) is 2.23. The number of nitrogens with zero attached hydrogens (tertiary/aromatic N) is 3. The Labute approximate surface area is 122 Å². The summed E-state index contributed by atoms with van der Waals surface area (Å²) in [5.74, 6) is 2.07. The molecule has 0 saturated carbocycles. The molecule has 0 N–H and O–H groups in total. The first kappa shape index (κ1) is 14.7. The maximum Gasteiger partial charge on any atom is 0.134 e. The van der Waals surface area contributed by atoms with Crippen LogP contribution in [0, 0.1) is 0 Å². The van der Waals surface area contributed by atoms with Crippen LogP contribution in [-0.4, -0.2) is 49.5 Å². The Balaban J connectivity index is 2.23. The molecule has 106 valence electrons. The molecule has 1 aliphatic rings. The van der Waals surface area contributed by atoms with Crippen molar-refractivity contribution in [2.24, 2.45) is 0 Å². The van der Waals surface area contributed by atoms with E-state index in [0.29, 0.717) is 5.92 Å². The monoisotopic (exact) mass is 329 g/mol. The van der Waals surface area contributed by atoms with Crippen LogP contribution in [0.5, 0.6) is 0 Å². The highest BCUT2D eigenvalue weighted by Crippen LogP contribution is 2.25. The third-order valence-corrected chi connectivity index (χ3v) is 3.77. The molecule has 1 aromatic heterocycles. The quantitative estimate of drug-likeness (QED) is 0.792. The predicted octanol–water partition coefficient (Wildman–Crippen LogP) is 2.21. The first-order valence-corrected chi connectivity index (χ1v) is 7.19. The summed E-state index contributed by atoms with van der Waals surface area (Å²) in [4.78, 5) is 11.2. The summed E-state index contributed by atoms with van der Waals surface area (Å²) in [7, 11) is 3.44. The fourth-order valence-corrected chi connectivity index (χ4v) is 2.61. The van der Waals surface area contributed by atoms with Gasteiger partial charge in [0, 0.05) is 39.3 Å². The third kappa shape index (κ3) is 3.24. The van der Waals surface area contributed by atoms with Gasteiger partial charge in [-0.05, 0) is 15.9 Å². The molecule has 1 aromatic rings. The lowest BCUT2D eigenvalue weighted by atomic mass is 10.2. The Morgan fingerprint density at radius 2 is 1.79 bits per heavy atom. The van der Waals surface area contributed by atoms with Crippen LogP contribution < -0.4 is 4.90 Å². The third-order valence-electron chi connectivity index (χ3n) is 3.36. The van der Waals surface area contributed by atoms with E-state index in [1.54, 1.807) is 14.2 Å². The van der Waals surface area contributed by atoms with Gasteiger partial charge in [-0.3, -0.25) is 0 Å². The van der Waals surface area contributed by atoms with Gasteiger partial charge in [-0.15, -0.1) is 0 Å². The van der Waals surface area contributed by atoms with Crippen molar-refractivity contribution in [2.45, 2.75) is 32.0 Å². The van der Waals surface area contributed by atoms with Gasteiger partial charge in [-0.25, -0.2) is 9.97 Å². The van der Waals surface area contributed by atoms with Crippen LogP contribution in [0.25, 0.3) is 0 Å². The summed E-state index contributed by atoms with van der Waals surface area (Å²) in [5, 5.41) is 0. The molecule has 2 unspecified atom stereocenters. The molecule has 0 aliphatic carbocycles. The molecular formula is C13H20BrN3O2. The van der Waals surface area contributed by atoms with Crippen LogP contribution in [0.3, 0.4) is 0 Å². The highest BCUT2D eigenvalue weighted by molar-refractivity contribution is 9.10. The lowest BCUT2D eigenvalue weighted by Crippen LogP contribution is -2.27. The molecule has 2 atom stereocenters. The summed E-state index contributed by atoms with van der Waals surface area (Å²) in [5.41, 5.74) is 0. The maximum atomic E-state index is 5.45. The number of aromatic nitrogens is 2. The van der Waals surface area contributed by atoms with E-state index >= 15 is 0 Å². The second kappa shape index (κ2) is 6.15. The standard InChI is InChI=1S/C13H20BrN3O2/c1-8(2)13-15-11(14)5-12(16-13)17-6-9(18-3)10(7-17)19-4/h5,8-10H,6-7H2,1-4H3. The van der Waals surface area contributed by atoms with Crippen LogP contribution in [0.15, 0.2) is 10.7 Å². The highest BCUT2D eigenvalue weighted by atomic mass is 79.9. The van der Waals surface area contributed by atoms with Crippen molar-refractivity contribution in [3.8, 4) is 0 Å². The Kier molecular flexibility index (Phi) is 4.76. The second-order valence-electron chi connectivity index (χ2n) is 5.02. The van der Waals surface area contributed by atoms with Gasteiger partial charge in [-0.1, -0.05) is 13.8 Å². The first-order valence-electron chi connectivity index (χ1n) is 6.40. The Morgan fingerprint density at radius 1 is 1.21 bits per heavy atom. The molecular weight excluding hydrogens is 310 g/mol. The van der Waals surface area contributed by atoms with Crippen LogP contribution in [0.2, 0.25) is 0 Å². The van der Waals surface area contributed by atoms with E-state index < -0.39 is 0 Å². The molecule has 19 heavy (non-hydrogen) atoms. The van der Waals surface area contributed by atoms with E-state index in [1.807, 2.05) is 6.07 Å². The maximum absolute atomic E-state index is 5.45. The fraction of sp³-hybridized carbons (Fsp3) is 0.692. The SMILES string of the molecule is COC1CN(c2cc(Br)nc(C(C)C)n2)CC1OC. The summed E-state index contributed by atoms with van der Waals surface area (Å²) in [6.07, 6.45) is 0.169. The van der Waals surface area contributed by atoms with Gasteiger partial charge < -0.3 is 14.4 Å². The number of hydrogen-bond acceptors (Lipinski definition) is 5. The predicted molar refractivity (Wildman–Crippen MR) is 77.6 cm³/mol. The average Bonchev–Trinajstić information content (AvgIpc) is 2.81. The Morgan fingerprint density at radius 3 is 2.26 bits per heavy atom. The van der Waals surface area contributed by atoms with Gasteiger partial charge in [0.1, 0.15) is 28.5 Å². The molecule has 1 fully saturated rings. The van der Waals surface area contributed by atoms with Crippen molar-refractivity contribution in [3.63, 3.8) is 0 Å². The number of ether oxygens (including phenoxy) is 2. The van der Waals surface area contributed by atoms with Crippen molar-refractivity contribution in [1.29, 1.82) is 0 Å². The summed E-state index contributed by atoms with van der Waals surface area (Å²) < 4.78 is 11.7. The molecule has 0 spiro atoms. The van der Waals surface area contributed by atoms with Gasteiger partial charge in [0.15, 0.2) is 0 Å². The largest absolute Gasteiger partial charge is 0.377 e. The minimum Gasteiger partial charge on any atom is -0.377 e. The molecule has 0 amide bonds. The molecule has 0 bridgehead atoms. The molecule has 0 radical (unpaired) electrons. The molecule has 1 saturated heterocycles. The lowest BCUT2D eigenvalue weighted by molar-refractivity contribution is -0.00461. The van der Waals surface area contributed by atoms with E-state index in [1.165, 1.54) is 0 Å². The summed E-state index contributed by atoms with van der Waals surface area (Å²) in [6, 6.07) is 1.94. The minimum absolute atomic E-state index is 0.0845.